The number of aromatic carboxylic acids is 1. The van der Waals surface area contributed by atoms with Crippen LogP contribution in [0.3, 0.4) is 0 Å². The highest BCUT2D eigenvalue weighted by Crippen LogP contribution is 2.28. The number of methoxy groups -OCH3 is 1. The van der Waals surface area contributed by atoms with E-state index < -0.39 is 5.97 Å². The van der Waals surface area contributed by atoms with Gasteiger partial charge in [-0.2, -0.15) is 0 Å². The van der Waals surface area contributed by atoms with E-state index in [0.29, 0.717) is 19.7 Å². The van der Waals surface area contributed by atoms with Gasteiger partial charge in [-0.1, -0.05) is 0 Å². The van der Waals surface area contributed by atoms with Gasteiger partial charge in [0.05, 0.1) is 12.2 Å². The van der Waals surface area contributed by atoms with Crippen molar-refractivity contribution in [3.63, 3.8) is 0 Å². The van der Waals surface area contributed by atoms with Gasteiger partial charge in [0.1, 0.15) is 0 Å². The summed E-state index contributed by atoms with van der Waals surface area (Å²) in [7, 11) is 3.34. The Kier molecular flexibility index (Phi) is 4.80. The fourth-order valence-corrected chi connectivity index (χ4v) is 2.46. The number of benzene rings is 1. The average molecular weight is 292 g/mol. The van der Waals surface area contributed by atoms with Crippen molar-refractivity contribution in [1.82, 2.24) is 4.90 Å². The third-order valence-corrected chi connectivity index (χ3v) is 3.63. The van der Waals surface area contributed by atoms with Gasteiger partial charge in [-0.3, -0.25) is 4.90 Å². The lowest BCUT2D eigenvalue weighted by molar-refractivity contribution is 0.0696. The molecule has 0 saturated heterocycles. The molecule has 21 heavy (non-hydrogen) atoms. The van der Waals surface area contributed by atoms with Crippen LogP contribution in [0.15, 0.2) is 18.2 Å². The summed E-state index contributed by atoms with van der Waals surface area (Å²) >= 11 is 0. The second-order valence-electron chi connectivity index (χ2n) is 5.10. The highest BCUT2D eigenvalue weighted by Gasteiger charge is 2.25. The molecule has 0 aliphatic carbocycles. The first kappa shape index (κ1) is 15.3. The van der Waals surface area contributed by atoms with Crippen molar-refractivity contribution in [2.45, 2.75) is 12.8 Å². The Morgan fingerprint density at radius 2 is 2.19 bits per heavy atom. The molecule has 0 unspecified atom stereocenters. The number of rotatable bonds is 4. The number of fused-ring (bicyclic) bond motifs is 1. The number of nitrogens with zero attached hydrogens (tertiary/aromatic N) is 2. The number of carbonyl (C=O) groups is 2. The van der Waals surface area contributed by atoms with Gasteiger partial charge < -0.3 is 14.7 Å². The molecule has 0 aromatic heterocycles. The molecule has 2 rings (SSSR count). The predicted molar refractivity (Wildman–Crippen MR) is 79.0 cm³/mol. The van der Waals surface area contributed by atoms with Crippen LogP contribution in [0.1, 0.15) is 22.3 Å². The number of carbonyl (C=O) groups excluding carboxylic acids is 1. The van der Waals surface area contributed by atoms with Crippen LogP contribution in [0.25, 0.3) is 0 Å². The Bertz CT molecular complexity index is 544. The minimum Gasteiger partial charge on any atom is -0.478 e. The standard InChI is InChI=1S/C15H20N2O4/c1-16(8-9-21-2)15(20)17-7-3-4-11-10-12(14(18)19)5-6-13(11)17/h5-6,10H,3-4,7-9H2,1-2H3,(H,18,19). The van der Waals surface area contributed by atoms with Crippen LogP contribution in [0.2, 0.25) is 0 Å². The Labute approximate surface area is 123 Å². The molecular formula is C15H20N2O4. The van der Waals surface area contributed by atoms with Crippen LogP contribution in [0, 0.1) is 0 Å². The molecule has 0 fully saturated rings. The molecule has 1 N–H and O–H groups in total. The van der Waals surface area contributed by atoms with E-state index in [4.69, 9.17) is 9.84 Å². The lowest BCUT2D eigenvalue weighted by Crippen LogP contribution is -2.44. The molecule has 0 radical (unpaired) electrons. The second-order valence-corrected chi connectivity index (χ2v) is 5.10. The topological polar surface area (TPSA) is 70.1 Å². The molecule has 2 amide bonds. The molecular weight excluding hydrogens is 272 g/mol. The van der Waals surface area contributed by atoms with Gasteiger partial charge in [0, 0.05) is 32.9 Å². The van der Waals surface area contributed by atoms with Crippen molar-refractivity contribution in [3.05, 3.63) is 29.3 Å². The van der Waals surface area contributed by atoms with Gasteiger partial charge in [-0.05, 0) is 36.6 Å². The van der Waals surface area contributed by atoms with Crippen LogP contribution >= 0.6 is 0 Å². The van der Waals surface area contributed by atoms with Crippen LogP contribution in [-0.4, -0.2) is 55.9 Å². The lowest BCUT2D eigenvalue weighted by Gasteiger charge is -2.33. The fourth-order valence-electron chi connectivity index (χ4n) is 2.46. The van der Waals surface area contributed by atoms with E-state index in [2.05, 4.69) is 0 Å². The SMILES string of the molecule is COCCN(C)C(=O)N1CCCc2cc(C(=O)O)ccc21. The van der Waals surface area contributed by atoms with Gasteiger partial charge in [0.15, 0.2) is 0 Å². The molecule has 1 heterocycles. The first-order valence-electron chi connectivity index (χ1n) is 6.92. The number of hydrogen-bond acceptors (Lipinski definition) is 3. The number of likely N-dealkylation sites (N-methyl/N-ethyl adjacent to an activating group) is 1. The minimum absolute atomic E-state index is 0.0870. The average Bonchev–Trinajstić information content (AvgIpc) is 2.50. The summed E-state index contributed by atoms with van der Waals surface area (Å²) in [6.45, 7) is 1.66. The van der Waals surface area contributed by atoms with E-state index in [1.54, 1.807) is 42.2 Å². The zero-order valence-electron chi connectivity index (χ0n) is 12.3. The quantitative estimate of drug-likeness (QED) is 0.919. The van der Waals surface area contributed by atoms with E-state index in [1.165, 1.54) is 0 Å². The molecule has 1 aliphatic rings. The minimum atomic E-state index is -0.946. The number of urea groups is 1. The zero-order chi connectivity index (χ0) is 15.4. The Morgan fingerprint density at radius 3 is 2.86 bits per heavy atom. The maximum absolute atomic E-state index is 12.5. The van der Waals surface area contributed by atoms with Crippen LogP contribution in [0.5, 0.6) is 0 Å². The van der Waals surface area contributed by atoms with E-state index in [9.17, 15) is 9.59 Å². The van der Waals surface area contributed by atoms with Crippen molar-refractivity contribution in [3.8, 4) is 0 Å². The van der Waals surface area contributed by atoms with Crippen LogP contribution < -0.4 is 4.90 Å². The summed E-state index contributed by atoms with van der Waals surface area (Å²) in [4.78, 5) is 26.8. The summed E-state index contributed by atoms with van der Waals surface area (Å²) in [6, 6.07) is 4.84. The summed E-state index contributed by atoms with van der Waals surface area (Å²) in [6.07, 6.45) is 1.63. The van der Waals surface area contributed by atoms with Crippen LogP contribution in [0.4, 0.5) is 10.5 Å². The molecule has 114 valence electrons. The molecule has 1 aliphatic heterocycles. The lowest BCUT2D eigenvalue weighted by atomic mass is 9.99. The second kappa shape index (κ2) is 6.58. The van der Waals surface area contributed by atoms with Crippen molar-refractivity contribution in [1.29, 1.82) is 0 Å². The summed E-state index contributed by atoms with van der Waals surface area (Å²) in [5, 5.41) is 9.04. The number of hydrogen-bond donors (Lipinski definition) is 1. The predicted octanol–water partition coefficient (Wildman–Crippen LogP) is 1.84. The van der Waals surface area contributed by atoms with Gasteiger partial charge in [0.2, 0.25) is 0 Å². The number of carboxylic acid groups (broad SMARTS) is 1. The summed E-state index contributed by atoms with van der Waals surface area (Å²) in [5.74, 6) is -0.946. The first-order chi connectivity index (χ1) is 10.0. The van der Waals surface area contributed by atoms with Crippen molar-refractivity contribution in [2.24, 2.45) is 0 Å². The smallest absolute Gasteiger partial charge is 0.335 e. The molecule has 1 aromatic rings. The number of ether oxygens (including phenoxy) is 1. The van der Waals surface area contributed by atoms with E-state index in [0.717, 1.165) is 24.1 Å². The van der Waals surface area contributed by atoms with E-state index in [1.807, 2.05) is 0 Å². The summed E-state index contributed by atoms with van der Waals surface area (Å²) in [5.41, 5.74) is 1.98. The largest absolute Gasteiger partial charge is 0.478 e. The molecule has 0 atom stereocenters. The third kappa shape index (κ3) is 3.33. The highest BCUT2D eigenvalue weighted by atomic mass is 16.5. The van der Waals surface area contributed by atoms with Crippen LogP contribution in [-0.2, 0) is 11.2 Å². The molecule has 1 aromatic carbocycles. The third-order valence-electron chi connectivity index (χ3n) is 3.63. The Morgan fingerprint density at radius 1 is 1.43 bits per heavy atom. The normalized spacial score (nSPS) is 13.7. The molecule has 0 saturated carbocycles. The number of anilines is 1. The van der Waals surface area contributed by atoms with E-state index in [-0.39, 0.29) is 11.6 Å². The van der Waals surface area contributed by atoms with Crippen molar-refractivity contribution < 1.29 is 19.4 Å². The first-order valence-corrected chi connectivity index (χ1v) is 6.92. The molecule has 6 heteroatoms. The van der Waals surface area contributed by atoms with Crippen molar-refractivity contribution >= 4 is 17.7 Å². The monoisotopic (exact) mass is 292 g/mol. The van der Waals surface area contributed by atoms with E-state index >= 15 is 0 Å². The van der Waals surface area contributed by atoms with Gasteiger partial charge in [-0.15, -0.1) is 0 Å². The summed E-state index contributed by atoms with van der Waals surface area (Å²) < 4.78 is 4.98. The molecule has 6 nitrogen and oxygen atoms in total. The van der Waals surface area contributed by atoms with Gasteiger partial charge >= 0.3 is 12.0 Å². The molecule has 0 bridgehead atoms. The number of carboxylic acids is 1. The number of aryl methyl sites for hydroxylation is 1. The maximum Gasteiger partial charge on any atom is 0.335 e. The highest BCUT2D eigenvalue weighted by molar-refractivity contribution is 5.95. The number of amides is 2. The fraction of sp³-hybridized carbons (Fsp3) is 0.467. The maximum atomic E-state index is 12.5. The van der Waals surface area contributed by atoms with Gasteiger partial charge in [-0.25, -0.2) is 9.59 Å². The molecule has 0 spiro atoms. The van der Waals surface area contributed by atoms with Crippen molar-refractivity contribution in [2.75, 3.05) is 38.8 Å². The Balaban J connectivity index is 2.21. The Hall–Kier alpha value is -2.08. The zero-order valence-corrected chi connectivity index (χ0v) is 12.3. The van der Waals surface area contributed by atoms with Gasteiger partial charge in [0.25, 0.3) is 0 Å².